The molecule has 0 aliphatic carbocycles. The van der Waals surface area contributed by atoms with Crippen molar-refractivity contribution in [1.82, 2.24) is 9.88 Å². The van der Waals surface area contributed by atoms with Crippen LogP contribution in [0.5, 0.6) is 5.75 Å². The molecule has 4 rings (SSSR count). The third kappa shape index (κ3) is 3.08. The summed E-state index contributed by atoms with van der Waals surface area (Å²) in [5.74, 6) is -0.526. The zero-order chi connectivity index (χ0) is 19.0. The number of carboxylic acids is 1. The van der Waals surface area contributed by atoms with Crippen molar-refractivity contribution in [1.29, 1.82) is 0 Å². The number of thiophene rings is 1. The highest BCUT2D eigenvalue weighted by molar-refractivity contribution is 7.14. The quantitative estimate of drug-likeness (QED) is 0.869. The smallest absolute Gasteiger partial charge is 0.345 e. The molecule has 1 spiro atoms. The van der Waals surface area contributed by atoms with Gasteiger partial charge in [0.05, 0.1) is 31.1 Å². The number of fused-ring (bicyclic) bond motifs is 2. The van der Waals surface area contributed by atoms with Gasteiger partial charge in [-0.1, -0.05) is 0 Å². The zero-order valence-corrected chi connectivity index (χ0v) is 15.8. The van der Waals surface area contributed by atoms with Gasteiger partial charge in [0, 0.05) is 30.6 Å². The monoisotopic (exact) mass is 388 g/mol. The Morgan fingerprint density at radius 3 is 2.85 bits per heavy atom. The highest BCUT2D eigenvalue weighted by Gasteiger charge is 2.43. The first kappa shape index (κ1) is 17.9. The van der Waals surface area contributed by atoms with E-state index in [0.717, 1.165) is 16.9 Å². The first-order chi connectivity index (χ1) is 13.0. The van der Waals surface area contributed by atoms with Crippen LogP contribution in [0.15, 0.2) is 24.5 Å². The standard InChI is InChI=1S/C19H20N2O5S/c1-25-14-11-20-6-2-12(14)17(22)21-7-4-19(5-8-21)13-10-16(18(23)24)27-15(13)3-9-26-19/h2,6,10-11H,3-5,7-9H2,1H3,(H,23,24). The van der Waals surface area contributed by atoms with E-state index in [9.17, 15) is 14.7 Å². The zero-order valence-electron chi connectivity index (χ0n) is 14.9. The van der Waals surface area contributed by atoms with Gasteiger partial charge in [0.25, 0.3) is 5.91 Å². The molecule has 2 aliphatic rings. The Morgan fingerprint density at radius 2 is 2.15 bits per heavy atom. The Bertz CT molecular complexity index is 886. The maximum atomic E-state index is 12.9. The minimum absolute atomic E-state index is 0.0864. The van der Waals surface area contributed by atoms with Crippen molar-refractivity contribution in [3.63, 3.8) is 0 Å². The number of carbonyl (C=O) groups is 2. The fraction of sp³-hybridized carbons (Fsp3) is 0.421. The summed E-state index contributed by atoms with van der Waals surface area (Å²) in [4.78, 5) is 31.5. The molecule has 4 heterocycles. The van der Waals surface area contributed by atoms with Crippen molar-refractivity contribution >= 4 is 23.2 Å². The molecule has 0 aromatic carbocycles. The second-order valence-electron chi connectivity index (χ2n) is 6.71. The number of nitrogens with zero attached hydrogens (tertiary/aromatic N) is 2. The molecule has 1 fully saturated rings. The molecule has 0 atom stereocenters. The number of aromatic nitrogens is 1. The highest BCUT2D eigenvalue weighted by atomic mass is 32.1. The Labute approximate surface area is 160 Å². The molecule has 2 aromatic rings. The van der Waals surface area contributed by atoms with Crippen LogP contribution in [0, 0.1) is 0 Å². The number of carbonyl (C=O) groups excluding carboxylic acids is 1. The number of carboxylic acid groups (broad SMARTS) is 1. The molecule has 142 valence electrons. The molecule has 1 amide bonds. The second-order valence-corrected chi connectivity index (χ2v) is 7.85. The van der Waals surface area contributed by atoms with Crippen LogP contribution in [-0.2, 0) is 16.8 Å². The van der Waals surface area contributed by atoms with Gasteiger partial charge < -0.3 is 19.5 Å². The van der Waals surface area contributed by atoms with E-state index in [2.05, 4.69) is 4.98 Å². The predicted octanol–water partition coefficient (Wildman–Crippen LogP) is 2.55. The molecule has 1 saturated heterocycles. The normalized spacial score (nSPS) is 18.2. The summed E-state index contributed by atoms with van der Waals surface area (Å²) in [7, 11) is 1.52. The van der Waals surface area contributed by atoms with Crippen molar-refractivity contribution in [2.24, 2.45) is 0 Å². The minimum atomic E-state index is -0.901. The van der Waals surface area contributed by atoms with E-state index in [1.807, 2.05) is 0 Å². The van der Waals surface area contributed by atoms with Crippen LogP contribution in [0.25, 0.3) is 0 Å². The lowest BCUT2D eigenvalue weighted by Crippen LogP contribution is -2.48. The number of aromatic carboxylic acids is 1. The van der Waals surface area contributed by atoms with E-state index in [-0.39, 0.29) is 5.91 Å². The summed E-state index contributed by atoms with van der Waals surface area (Å²) in [5.41, 5.74) is 0.999. The predicted molar refractivity (Wildman–Crippen MR) is 98.5 cm³/mol. The van der Waals surface area contributed by atoms with E-state index >= 15 is 0 Å². The lowest BCUT2D eigenvalue weighted by atomic mass is 9.82. The summed E-state index contributed by atoms with van der Waals surface area (Å²) >= 11 is 1.34. The Balaban J connectivity index is 1.54. The molecule has 2 aliphatic heterocycles. The molecule has 0 bridgehead atoms. The van der Waals surface area contributed by atoms with Crippen LogP contribution in [0.1, 0.15) is 43.3 Å². The molecule has 8 heteroatoms. The van der Waals surface area contributed by atoms with Crippen molar-refractivity contribution in [2.45, 2.75) is 24.9 Å². The fourth-order valence-corrected chi connectivity index (χ4v) is 4.97. The van der Waals surface area contributed by atoms with Gasteiger partial charge in [-0.25, -0.2) is 4.79 Å². The Morgan fingerprint density at radius 1 is 1.37 bits per heavy atom. The number of rotatable bonds is 3. The van der Waals surface area contributed by atoms with Crippen LogP contribution < -0.4 is 4.74 Å². The fourth-order valence-electron chi connectivity index (χ4n) is 3.90. The second kappa shape index (κ2) is 6.94. The van der Waals surface area contributed by atoms with Gasteiger partial charge >= 0.3 is 5.97 Å². The van der Waals surface area contributed by atoms with Crippen molar-refractivity contribution in [3.05, 3.63) is 45.4 Å². The number of hydrogen-bond donors (Lipinski definition) is 1. The topological polar surface area (TPSA) is 89.0 Å². The highest BCUT2D eigenvalue weighted by Crippen LogP contribution is 2.44. The first-order valence-corrected chi connectivity index (χ1v) is 9.63. The number of ether oxygens (including phenoxy) is 2. The molecule has 0 radical (unpaired) electrons. The third-order valence-corrected chi connectivity index (χ3v) is 6.49. The maximum Gasteiger partial charge on any atom is 0.345 e. The molecule has 0 saturated carbocycles. The molecule has 7 nitrogen and oxygen atoms in total. The van der Waals surface area contributed by atoms with Crippen LogP contribution in [-0.4, -0.2) is 53.7 Å². The van der Waals surface area contributed by atoms with Gasteiger partial charge in [-0.15, -0.1) is 11.3 Å². The first-order valence-electron chi connectivity index (χ1n) is 8.82. The molecule has 1 N–H and O–H groups in total. The molecular formula is C19H20N2O5S. The third-order valence-electron chi connectivity index (χ3n) is 5.31. The van der Waals surface area contributed by atoms with Gasteiger partial charge in [-0.2, -0.15) is 0 Å². The number of hydrogen-bond acceptors (Lipinski definition) is 6. The summed E-state index contributed by atoms with van der Waals surface area (Å²) in [6, 6.07) is 3.42. The number of piperidine rings is 1. The van der Waals surface area contributed by atoms with Crippen molar-refractivity contribution in [3.8, 4) is 5.75 Å². The van der Waals surface area contributed by atoms with Crippen LogP contribution >= 0.6 is 11.3 Å². The summed E-state index contributed by atoms with van der Waals surface area (Å²) in [6.45, 7) is 1.67. The van der Waals surface area contributed by atoms with Crippen LogP contribution in [0.3, 0.4) is 0 Å². The van der Waals surface area contributed by atoms with E-state index in [1.165, 1.54) is 24.6 Å². The lowest BCUT2D eigenvalue weighted by molar-refractivity contribution is -0.0926. The van der Waals surface area contributed by atoms with Crippen LogP contribution in [0.2, 0.25) is 0 Å². The van der Waals surface area contributed by atoms with E-state index in [0.29, 0.717) is 48.7 Å². The van der Waals surface area contributed by atoms with E-state index < -0.39 is 11.6 Å². The number of likely N-dealkylation sites (tertiary alicyclic amines) is 1. The summed E-state index contributed by atoms with van der Waals surface area (Å²) in [5, 5.41) is 9.31. The van der Waals surface area contributed by atoms with Gasteiger partial charge in [0.15, 0.2) is 0 Å². The number of amides is 1. The van der Waals surface area contributed by atoms with Gasteiger partial charge in [0.2, 0.25) is 0 Å². The molecule has 27 heavy (non-hydrogen) atoms. The maximum absolute atomic E-state index is 12.9. The largest absolute Gasteiger partial charge is 0.494 e. The van der Waals surface area contributed by atoms with Gasteiger partial charge in [-0.05, 0) is 30.5 Å². The van der Waals surface area contributed by atoms with Gasteiger partial charge in [0.1, 0.15) is 10.6 Å². The number of methoxy groups -OCH3 is 1. The average molecular weight is 388 g/mol. The van der Waals surface area contributed by atoms with Crippen LogP contribution in [0.4, 0.5) is 0 Å². The van der Waals surface area contributed by atoms with Crippen molar-refractivity contribution in [2.75, 3.05) is 26.8 Å². The minimum Gasteiger partial charge on any atom is -0.494 e. The molecule has 0 unspecified atom stereocenters. The molecule has 2 aromatic heterocycles. The molecular weight excluding hydrogens is 368 g/mol. The van der Waals surface area contributed by atoms with E-state index in [1.54, 1.807) is 23.2 Å². The lowest BCUT2D eigenvalue weighted by Gasteiger charge is -2.44. The summed E-state index contributed by atoms with van der Waals surface area (Å²) < 4.78 is 11.4. The Kier molecular flexibility index (Phi) is 4.61. The van der Waals surface area contributed by atoms with Crippen molar-refractivity contribution < 1.29 is 24.2 Å². The van der Waals surface area contributed by atoms with E-state index in [4.69, 9.17) is 9.47 Å². The SMILES string of the molecule is COc1cnccc1C(=O)N1CCC2(CC1)OCCc1sc(C(=O)O)cc12. The average Bonchev–Trinajstić information content (AvgIpc) is 3.14. The number of pyridine rings is 1. The van der Waals surface area contributed by atoms with Gasteiger partial charge in [-0.3, -0.25) is 9.78 Å². The Hall–Kier alpha value is -2.45. The summed E-state index contributed by atoms with van der Waals surface area (Å²) in [6.07, 6.45) is 5.15.